The van der Waals surface area contributed by atoms with E-state index in [0.717, 1.165) is 23.4 Å². The second-order valence-corrected chi connectivity index (χ2v) is 10.7. The molecule has 0 radical (unpaired) electrons. The largest absolute Gasteiger partial charge is 0.332 e. The number of thioether (sulfide) groups is 1. The Labute approximate surface area is 197 Å². The SMILES string of the molecule is CC(CCC(=O)NC=O)N1Cc2c(SCCCCCCCNC(C)(C)C)cccc2C1=O. The molecule has 1 aromatic carbocycles. The van der Waals surface area contributed by atoms with Gasteiger partial charge in [-0.2, -0.15) is 0 Å². The maximum Gasteiger partial charge on any atom is 0.254 e. The maximum atomic E-state index is 12.9. The molecular formula is C25H39N3O3S. The molecule has 0 saturated carbocycles. The molecule has 1 aliphatic rings. The van der Waals surface area contributed by atoms with Crippen LogP contribution in [-0.4, -0.2) is 47.0 Å². The quantitative estimate of drug-likeness (QED) is 0.242. The minimum Gasteiger partial charge on any atom is -0.332 e. The summed E-state index contributed by atoms with van der Waals surface area (Å²) in [6.07, 6.45) is 7.34. The first-order chi connectivity index (χ1) is 15.2. The van der Waals surface area contributed by atoms with E-state index in [2.05, 4.69) is 37.5 Å². The first-order valence-electron chi connectivity index (χ1n) is 11.8. The van der Waals surface area contributed by atoms with Crippen LogP contribution < -0.4 is 10.6 Å². The number of rotatable bonds is 14. The van der Waals surface area contributed by atoms with Gasteiger partial charge in [0.05, 0.1) is 0 Å². The number of fused-ring (bicyclic) bond motifs is 1. The van der Waals surface area contributed by atoms with Gasteiger partial charge in [0.1, 0.15) is 0 Å². The standard InChI is InChI=1S/C25H39N3O3S/c1-19(13-14-23(30)26-18-29)28-17-21-20(24(28)31)11-10-12-22(21)32-16-9-7-5-6-8-15-27-25(2,3)4/h10-12,18-19,27H,5-9,13-17H2,1-4H3,(H,26,29,30). The number of amides is 3. The molecule has 2 rings (SSSR count). The summed E-state index contributed by atoms with van der Waals surface area (Å²) in [7, 11) is 0. The average molecular weight is 462 g/mol. The Morgan fingerprint density at radius 3 is 2.62 bits per heavy atom. The van der Waals surface area contributed by atoms with Gasteiger partial charge in [0.25, 0.3) is 5.91 Å². The molecule has 0 bridgehead atoms. The summed E-state index contributed by atoms with van der Waals surface area (Å²) in [5, 5.41) is 5.69. The van der Waals surface area contributed by atoms with Crippen molar-refractivity contribution < 1.29 is 14.4 Å². The second kappa shape index (κ2) is 13.0. The summed E-state index contributed by atoms with van der Waals surface area (Å²) < 4.78 is 0. The van der Waals surface area contributed by atoms with E-state index >= 15 is 0 Å². The summed E-state index contributed by atoms with van der Waals surface area (Å²) in [5.41, 5.74) is 2.09. The van der Waals surface area contributed by atoms with E-state index in [1.807, 2.05) is 35.7 Å². The van der Waals surface area contributed by atoms with Crippen LogP contribution in [0.3, 0.4) is 0 Å². The minimum atomic E-state index is -0.308. The molecule has 0 fully saturated rings. The highest BCUT2D eigenvalue weighted by molar-refractivity contribution is 7.99. The van der Waals surface area contributed by atoms with Gasteiger partial charge in [-0.3, -0.25) is 19.7 Å². The number of carbonyl (C=O) groups excluding carboxylic acids is 3. The smallest absolute Gasteiger partial charge is 0.254 e. The van der Waals surface area contributed by atoms with E-state index in [4.69, 9.17) is 0 Å². The van der Waals surface area contributed by atoms with Gasteiger partial charge in [0, 0.05) is 35.0 Å². The zero-order chi connectivity index (χ0) is 23.6. The van der Waals surface area contributed by atoms with Crippen molar-refractivity contribution in [3.8, 4) is 0 Å². The van der Waals surface area contributed by atoms with Crippen LogP contribution in [0.1, 0.15) is 88.6 Å². The van der Waals surface area contributed by atoms with Crippen LogP contribution >= 0.6 is 11.8 Å². The first-order valence-corrected chi connectivity index (χ1v) is 12.7. The van der Waals surface area contributed by atoms with E-state index in [-0.39, 0.29) is 29.8 Å². The van der Waals surface area contributed by atoms with Crippen LogP contribution in [0, 0.1) is 0 Å². The molecule has 1 aromatic rings. The van der Waals surface area contributed by atoms with Crippen LogP contribution in [0.25, 0.3) is 0 Å². The number of imide groups is 1. The number of carbonyl (C=O) groups is 3. The fourth-order valence-electron chi connectivity index (χ4n) is 3.85. The Morgan fingerprint density at radius 1 is 1.19 bits per heavy atom. The molecule has 3 amide bonds. The van der Waals surface area contributed by atoms with Crippen LogP contribution in [0.4, 0.5) is 0 Å². The molecule has 6 nitrogen and oxygen atoms in total. The van der Waals surface area contributed by atoms with E-state index < -0.39 is 0 Å². The predicted molar refractivity (Wildman–Crippen MR) is 131 cm³/mol. The predicted octanol–water partition coefficient (Wildman–Crippen LogP) is 4.51. The van der Waals surface area contributed by atoms with Crippen LogP contribution in [0.5, 0.6) is 0 Å². The van der Waals surface area contributed by atoms with Gasteiger partial charge in [0.2, 0.25) is 12.3 Å². The summed E-state index contributed by atoms with van der Waals surface area (Å²) in [6.45, 7) is 10.2. The molecule has 0 saturated heterocycles. The number of unbranched alkanes of at least 4 members (excludes halogenated alkanes) is 4. The monoisotopic (exact) mass is 461 g/mol. The van der Waals surface area contributed by atoms with Crippen molar-refractivity contribution in [1.82, 2.24) is 15.5 Å². The number of hydrogen-bond donors (Lipinski definition) is 2. The van der Waals surface area contributed by atoms with E-state index in [9.17, 15) is 14.4 Å². The Morgan fingerprint density at radius 2 is 1.91 bits per heavy atom. The van der Waals surface area contributed by atoms with Gasteiger partial charge in [0.15, 0.2) is 0 Å². The fraction of sp³-hybridized carbons (Fsp3) is 0.640. The lowest BCUT2D eigenvalue weighted by Crippen LogP contribution is -2.36. The summed E-state index contributed by atoms with van der Waals surface area (Å²) in [5.74, 6) is 0.791. The molecule has 1 atom stereocenters. The molecule has 32 heavy (non-hydrogen) atoms. The van der Waals surface area contributed by atoms with Crippen molar-refractivity contribution in [2.45, 2.75) is 95.7 Å². The Balaban J connectivity index is 1.74. The third-order valence-corrected chi connectivity index (χ3v) is 6.91. The van der Waals surface area contributed by atoms with E-state index in [1.165, 1.54) is 37.0 Å². The molecule has 1 aliphatic heterocycles. The van der Waals surface area contributed by atoms with E-state index in [1.54, 1.807) is 0 Å². The summed E-state index contributed by atoms with van der Waals surface area (Å²) >= 11 is 1.84. The molecule has 0 aliphatic carbocycles. The molecular weight excluding hydrogens is 422 g/mol. The zero-order valence-electron chi connectivity index (χ0n) is 20.0. The Bertz CT molecular complexity index is 776. The highest BCUT2D eigenvalue weighted by atomic mass is 32.2. The summed E-state index contributed by atoms with van der Waals surface area (Å²) in [4.78, 5) is 37.8. The van der Waals surface area contributed by atoms with Crippen molar-refractivity contribution in [1.29, 1.82) is 0 Å². The van der Waals surface area contributed by atoms with Crippen molar-refractivity contribution in [2.75, 3.05) is 12.3 Å². The molecule has 7 heteroatoms. The van der Waals surface area contributed by atoms with Crippen molar-refractivity contribution in [2.24, 2.45) is 0 Å². The molecule has 1 unspecified atom stereocenters. The third kappa shape index (κ3) is 8.58. The summed E-state index contributed by atoms with van der Waals surface area (Å²) in [6, 6.07) is 5.92. The van der Waals surface area contributed by atoms with Gasteiger partial charge in [-0.1, -0.05) is 25.3 Å². The van der Waals surface area contributed by atoms with Gasteiger partial charge < -0.3 is 10.2 Å². The minimum absolute atomic E-state index is 0.0367. The Hall–Kier alpha value is -1.86. The first kappa shape index (κ1) is 26.4. The lowest BCUT2D eigenvalue weighted by atomic mass is 10.1. The number of nitrogens with zero attached hydrogens (tertiary/aromatic N) is 1. The van der Waals surface area contributed by atoms with Gasteiger partial charge in [-0.25, -0.2) is 0 Å². The number of nitrogens with one attached hydrogen (secondary N) is 2. The van der Waals surface area contributed by atoms with E-state index in [0.29, 0.717) is 19.4 Å². The molecule has 0 aromatic heterocycles. The Kier molecular flexibility index (Phi) is 10.7. The lowest BCUT2D eigenvalue weighted by Gasteiger charge is -2.24. The molecule has 0 spiro atoms. The van der Waals surface area contributed by atoms with Crippen molar-refractivity contribution >= 4 is 30.0 Å². The zero-order valence-corrected chi connectivity index (χ0v) is 20.9. The maximum absolute atomic E-state index is 12.9. The molecule has 178 valence electrons. The second-order valence-electron chi connectivity index (χ2n) is 9.58. The van der Waals surface area contributed by atoms with Gasteiger partial charge in [-0.15, -0.1) is 11.8 Å². The van der Waals surface area contributed by atoms with Gasteiger partial charge >= 0.3 is 0 Å². The highest BCUT2D eigenvalue weighted by Gasteiger charge is 2.32. The fourth-order valence-corrected chi connectivity index (χ4v) is 4.95. The molecule has 1 heterocycles. The van der Waals surface area contributed by atoms with Crippen molar-refractivity contribution in [3.05, 3.63) is 29.3 Å². The molecule has 2 N–H and O–H groups in total. The average Bonchev–Trinajstić information content (AvgIpc) is 3.08. The van der Waals surface area contributed by atoms with Crippen molar-refractivity contribution in [3.63, 3.8) is 0 Å². The topological polar surface area (TPSA) is 78.5 Å². The third-order valence-electron chi connectivity index (χ3n) is 5.73. The number of hydrogen-bond acceptors (Lipinski definition) is 5. The number of benzene rings is 1. The highest BCUT2D eigenvalue weighted by Crippen LogP contribution is 2.34. The lowest BCUT2D eigenvalue weighted by molar-refractivity contribution is -0.125. The van der Waals surface area contributed by atoms with Crippen LogP contribution in [0.2, 0.25) is 0 Å². The van der Waals surface area contributed by atoms with Crippen LogP contribution in [-0.2, 0) is 16.1 Å². The van der Waals surface area contributed by atoms with Gasteiger partial charge in [-0.05, 0) is 77.0 Å². The van der Waals surface area contributed by atoms with Crippen LogP contribution in [0.15, 0.2) is 23.1 Å². The normalized spacial score (nSPS) is 14.4.